The molecule has 2 aliphatic carbocycles. The molecule has 1 N–H and O–H groups in total. The van der Waals surface area contributed by atoms with Crippen LogP contribution in [0.4, 0.5) is 16.2 Å². The van der Waals surface area contributed by atoms with E-state index in [2.05, 4.69) is 21.2 Å². The molecule has 3 aliphatic rings. The van der Waals surface area contributed by atoms with Crippen LogP contribution < -0.4 is 10.2 Å². The first-order valence-corrected chi connectivity index (χ1v) is 10.2. The predicted molar refractivity (Wildman–Crippen MR) is 105 cm³/mol. The van der Waals surface area contributed by atoms with Crippen molar-refractivity contribution in [1.82, 2.24) is 4.90 Å². The van der Waals surface area contributed by atoms with E-state index in [9.17, 15) is 4.79 Å². The molecule has 2 bridgehead atoms. The van der Waals surface area contributed by atoms with Gasteiger partial charge in [0.2, 0.25) is 0 Å². The number of piperazine rings is 1. The lowest BCUT2D eigenvalue weighted by Gasteiger charge is -2.39. The third kappa shape index (κ3) is 3.83. The molecule has 3 fully saturated rings. The van der Waals surface area contributed by atoms with Crippen molar-refractivity contribution in [3.63, 3.8) is 0 Å². The topological polar surface area (TPSA) is 44.8 Å². The van der Waals surface area contributed by atoms with Crippen molar-refractivity contribution < 1.29 is 9.53 Å². The standard InChI is InChI=1S/C21H31N3O2/c1-2-26-21(25)22-19-5-3-4-6-20(19)24-11-9-23(10-12-24)15-18-14-16-7-8-17(18)13-16/h3-6,16-18H,2,7-15H2,1H3,(H,22,25). The minimum absolute atomic E-state index is 0.380. The summed E-state index contributed by atoms with van der Waals surface area (Å²) < 4.78 is 5.03. The van der Waals surface area contributed by atoms with E-state index in [1.54, 1.807) is 0 Å². The first-order valence-electron chi connectivity index (χ1n) is 10.2. The summed E-state index contributed by atoms with van der Waals surface area (Å²) in [6, 6.07) is 8.03. The largest absolute Gasteiger partial charge is 0.450 e. The van der Waals surface area contributed by atoms with E-state index in [4.69, 9.17) is 4.74 Å². The molecule has 1 aromatic carbocycles. The number of nitrogens with zero attached hydrogens (tertiary/aromatic N) is 2. The SMILES string of the molecule is CCOC(=O)Nc1ccccc1N1CCN(CC2CC3CCC2C3)CC1. The molecule has 26 heavy (non-hydrogen) atoms. The molecule has 0 radical (unpaired) electrons. The molecule has 1 amide bonds. The summed E-state index contributed by atoms with van der Waals surface area (Å²) in [6.45, 7) is 7.75. The van der Waals surface area contributed by atoms with Crippen molar-refractivity contribution in [2.75, 3.05) is 49.5 Å². The fourth-order valence-electron chi connectivity index (χ4n) is 5.24. The van der Waals surface area contributed by atoms with Gasteiger partial charge in [0.05, 0.1) is 18.0 Å². The van der Waals surface area contributed by atoms with Crippen LogP contribution in [0.3, 0.4) is 0 Å². The number of fused-ring (bicyclic) bond motifs is 2. The summed E-state index contributed by atoms with van der Waals surface area (Å²) in [5.74, 6) is 2.98. The van der Waals surface area contributed by atoms with Crippen LogP contribution in [0.25, 0.3) is 0 Å². The first kappa shape index (κ1) is 17.7. The molecule has 142 valence electrons. The zero-order valence-corrected chi connectivity index (χ0v) is 15.8. The number of para-hydroxylation sites is 2. The molecule has 5 heteroatoms. The molecular formula is C21H31N3O2. The van der Waals surface area contributed by atoms with Gasteiger partial charge < -0.3 is 9.64 Å². The number of anilines is 2. The summed E-state index contributed by atoms with van der Waals surface area (Å²) in [5, 5.41) is 2.88. The number of rotatable bonds is 5. The minimum atomic E-state index is -0.380. The molecule has 5 nitrogen and oxygen atoms in total. The molecule has 3 unspecified atom stereocenters. The van der Waals surface area contributed by atoms with Crippen LogP contribution in [0, 0.1) is 17.8 Å². The van der Waals surface area contributed by atoms with Crippen LogP contribution in [0.1, 0.15) is 32.6 Å². The highest BCUT2D eigenvalue weighted by molar-refractivity contribution is 5.89. The van der Waals surface area contributed by atoms with Gasteiger partial charge in [-0.2, -0.15) is 0 Å². The maximum absolute atomic E-state index is 11.8. The number of ether oxygens (including phenoxy) is 1. The maximum atomic E-state index is 11.8. The predicted octanol–water partition coefficient (Wildman–Crippen LogP) is 3.81. The lowest BCUT2D eigenvalue weighted by atomic mass is 9.88. The molecule has 2 saturated carbocycles. The number of carbonyl (C=O) groups excluding carboxylic acids is 1. The van der Waals surface area contributed by atoms with Crippen molar-refractivity contribution in [3.8, 4) is 0 Å². The van der Waals surface area contributed by atoms with Crippen LogP contribution in [0.5, 0.6) is 0 Å². The van der Waals surface area contributed by atoms with Gasteiger partial charge in [-0.3, -0.25) is 10.2 Å². The van der Waals surface area contributed by atoms with Gasteiger partial charge in [-0.1, -0.05) is 18.6 Å². The number of amides is 1. The third-order valence-electron chi connectivity index (χ3n) is 6.51. The molecule has 1 aromatic rings. The molecule has 4 rings (SSSR count). The second kappa shape index (κ2) is 7.87. The highest BCUT2D eigenvalue weighted by Gasteiger charge is 2.40. The van der Waals surface area contributed by atoms with Gasteiger partial charge in [-0.05, 0) is 56.1 Å². The normalized spacial score (nSPS) is 28.3. The van der Waals surface area contributed by atoms with E-state index in [0.717, 1.165) is 55.3 Å². The van der Waals surface area contributed by atoms with Crippen LogP contribution in [0.15, 0.2) is 24.3 Å². The van der Waals surface area contributed by atoms with Crippen molar-refractivity contribution in [2.24, 2.45) is 17.8 Å². The molecule has 0 spiro atoms. The average Bonchev–Trinajstić information content (AvgIpc) is 3.26. The van der Waals surface area contributed by atoms with E-state index in [1.807, 2.05) is 25.1 Å². The highest BCUT2D eigenvalue weighted by Crippen LogP contribution is 2.48. The lowest BCUT2D eigenvalue weighted by Crippen LogP contribution is -2.48. The van der Waals surface area contributed by atoms with E-state index in [1.165, 1.54) is 32.2 Å². The Balaban J connectivity index is 1.32. The van der Waals surface area contributed by atoms with Gasteiger partial charge in [0, 0.05) is 32.7 Å². The zero-order valence-electron chi connectivity index (χ0n) is 15.8. The maximum Gasteiger partial charge on any atom is 0.411 e. The van der Waals surface area contributed by atoms with E-state index in [0.29, 0.717) is 6.61 Å². The number of carbonyl (C=O) groups is 1. The van der Waals surface area contributed by atoms with Gasteiger partial charge in [0.15, 0.2) is 0 Å². The highest BCUT2D eigenvalue weighted by atomic mass is 16.5. The van der Waals surface area contributed by atoms with Crippen LogP contribution in [0.2, 0.25) is 0 Å². The van der Waals surface area contributed by atoms with Gasteiger partial charge in [-0.25, -0.2) is 4.79 Å². The Bertz CT molecular complexity index is 627. The van der Waals surface area contributed by atoms with Crippen molar-refractivity contribution in [1.29, 1.82) is 0 Å². The van der Waals surface area contributed by atoms with E-state index in [-0.39, 0.29) is 6.09 Å². The zero-order chi connectivity index (χ0) is 17.9. The number of benzene rings is 1. The summed E-state index contributed by atoms with van der Waals surface area (Å²) in [6.07, 6.45) is 5.55. The Morgan fingerprint density at radius 2 is 1.96 bits per heavy atom. The third-order valence-corrected chi connectivity index (χ3v) is 6.51. The lowest BCUT2D eigenvalue weighted by molar-refractivity contribution is 0.168. The Hall–Kier alpha value is -1.75. The van der Waals surface area contributed by atoms with Crippen LogP contribution >= 0.6 is 0 Å². The Labute approximate surface area is 156 Å². The molecule has 0 aromatic heterocycles. The molecule has 3 atom stereocenters. The summed E-state index contributed by atoms with van der Waals surface area (Å²) in [5.41, 5.74) is 1.94. The average molecular weight is 357 g/mol. The summed E-state index contributed by atoms with van der Waals surface area (Å²) in [4.78, 5) is 16.8. The fraction of sp³-hybridized carbons (Fsp3) is 0.667. The van der Waals surface area contributed by atoms with Gasteiger partial charge in [0.25, 0.3) is 0 Å². The second-order valence-corrected chi connectivity index (χ2v) is 8.09. The number of hydrogen-bond donors (Lipinski definition) is 1. The molecule has 1 heterocycles. The quantitative estimate of drug-likeness (QED) is 0.870. The molecule has 1 saturated heterocycles. The van der Waals surface area contributed by atoms with Gasteiger partial charge in [0.1, 0.15) is 0 Å². The van der Waals surface area contributed by atoms with Crippen LogP contribution in [-0.2, 0) is 4.74 Å². The van der Waals surface area contributed by atoms with Crippen LogP contribution in [-0.4, -0.2) is 50.3 Å². The Kier molecular flexibility index (Phi) is 5.34. The number of hydrogen-bond acceptors (Lipinski definition) is 4. The van der Waals surface area contributed by atoms with Gasteiger partial charge in [-0.15, -0.1) is 0 Å². The van der Waals surface area contributed by atoms with Crippen molar-refractivity contribution in [3.05, 3.63) is 24.3 Å². The van der Waals surface area contributed by atoms with Crippen molar-refractivity contribution in [2.45, 2.75) is 32.6 Å². The first-order chi connectivity index (χ1) is 12.7. The fourth-order valence-corrected chi connectivity index (χ4v) is 5.24. The number of nitrogens with one attached hydrogen (secondary N) is 1. The van der Waals surface area contributed by atoms with E-state index >= 15 is 0 Å². The Morgan fingerprint density at radius 3 is 2.65 bits per heavy atom. The summed E-state index contributed by atoms with van der Waals surface area (Å²) >= 11 is 0. The monoisotopic (exact) mass is 357 g/mol. The molecule has 1 aliphatic heterocycles. The van der Waals surface area contributed by atoms with Gasteiger partial charge >= 0.3 is 6.09 Å². The Morgan fingerprint density at radius 1 is 1.15 bits per heavy atom. The van der Waals surface area contributed by atoms with Crippen molar-refractivity contribution >= 4 is 17.5 Å². The molecular weight excluding hydrogens is 326 g/mol. The summed E-state index contributed by atoms with van der Waals surface area (Å²) in [7, 11) is 0. The van der Waals surface area contributed by atoms with E-state index < -0.39 is 0 Å². The minimum Gasteiger partial charge on any atom is -0.450 e. The smallest absolute Gasteiger partial charge is 0.411 e. The second-order valence-electron chi connectivity index (χ2n) is 8.09.